The Bertz CT molecular complexity index is 585. The van der Waals surface area contributed by atoms with Crippen LogP contribution < -0.4 is 11.3 Å². The Hall–Kier alpha value is -1.52. The van der Waals surface area contributed by atoms with Gasteiger partial charge in [-0.3, -0.25) is 10.2 Å². The highest BCUT2D eigenvalue weighted by Crippen LogP contribution is 2.30. The number of amides is 1. The van der Waals surface area contributed by atoms with E-state index in [0.29, 0.717) is 0 Å². The summed E-state index contributed by atoms with van der Waals surface area (Å²) in [7, 11) is 0. The van der Waals surface area contributed by atoms with E-state index < -0.39 is 0 Å². The van der Waals surface area contributed by atoms with Gasteiger partial charge >= 0.3 is 0 Å². The molecule has 0 saturated carbocycles. The molecule has 2 aromatic carbocycles. The van der Waals surface area contributed by atoms with Crippen LogP contribution in [0.3, 0.4) is 0 Å². The molecular formula is C15H18N2OS. The van der Waals surface area contributed by atoms with Gasteiger partial charge in [0.2, 0.25) is 5.91 Å². The van der Waals surface area contributed by atoms with E-state index in [4.69, 9.17) is 5.84 Å². The third-order valence-electron chi connectivity index (χ3n) is 3.30. The zero-order chi connectivity index (χ0) is 13.8. The van der Waals surface area contributed by atoms with Gasteiger partial charge in [-0.05, 0) is 22.9 Å². The summed E-state index contributed by atoms with van der Waals surface area (Å²) >= 11 is 1.69. The Morgan fingerprint density at radius 1 is 1.16 bits per heavy atom. The summed E-state index contributed by atoms with van der Waals surface area (Å²) in [6.45, 7) is 3.93. The number of benzene rings is 2. The summed E-state index contributed by atoms with van der Waals surface area (Å²) in [6.07, 6.45) is 0. The van der Waals surface area contributed by atoms with E-state index in [0.717, 1.165) is 0 Å². The predicted octanol–water partition coefficient (Wildman–Crippen LogP) is 2.95. The number of hydrogen-bond acceptors (Lipinski definition) is 3. The zero-order valence-corrected chi connectivity index (χ0v) is 11.9. The van der Waals surface area contributed by atoms with Crippen molar-refractivity contribution in [2.75, 3.05) is 0 Å². The van der Waals surface area contributed by atoms with Crippen LogP contribution in [-0.4, -0.2) is 11.2 Å². The van der Waals surface area contributed by atoms with Crippen molar-refractivity contribution in [3.05, 3.63) is 42.5 Å². The number of fused-ring (bicyclic) bond motifs is 1. The molecular weight excluding hydrogens is 256 g/mol. The molecule has 4 heteroatoms. The van der Waals surface area contributed by atoms with Gasteiger partial charge < -0.3 is 0 Å². The number of carbonyl (C=O) groups excluding carboxylic acids is 1. The Morgan fingerprint density at radius 3 is 2.53 bits per heavy atom. The van der Waals surface area contributed by atoms with Crippen LogP contribution in [0.15, 0.2) is 47.4 Å². The third-order valence-corrected chi connectivity index (χ3v) is 4.61. The van der Waals surface area contributed by atoms with Gasteiger partial charge in [0.25, 0.3) is 0 Å². The lowest BCUT2D eigenvalue weighted by molar-refractivity contribution is -0.124. The lowest BCUT2D eigenvalue weighted by atomic mass is 10.1. The smallest absolute Gasteiger partial charge is 0.237 e. The van der Waals surface area contributed by atoms with E-state index in [1.165, 1.54) is 15.7 Å². The molecule has 0 saturated heterocycles. The minimum atomic E-state index is -0.124. The molecule has 100 valence electrons. The second-order valence-corrected chi connectivity index (χ2v) is 6.08. The van der Waals surface area contributed by atoms with Gasteiger partial charge in [-0.25, -0.2) is 5.84 Å². The van der Waals surface area contributed by atoms with Crippen LogP contribution in [0.1, 0.15) is 13.8 Å². The fraction of sp³-hybridized carbons (Fsp3) is 0.267. The predicted molar refractivity (Wildman–Crippen MR) is 80.8 cm³/mol. The van der Waals surface area contributed by atoms with Gasteiger partial charge in [-0.1, -0.05) is 44.2 Å². The molecule has 0 heterocycles. The first-order chi connectivity index (χ1) is 9.11. The van der Waals surface area contributed by atoms with Gasteiger partial charge in [-0.15, -0.1) is 11.8 Å². The number of nitrogens with one attached hydrogen (secondary N) is 1. The van der Waals surface area contributed by atoms with Crippen molar-refractivity contribution in [2.24, 2.45) is 11.8 Å². The van der Waals surface area contributed by atoms with Crippen LogP contribution >= 0.6 is 11.8 Å². The number of hydrazine groups is 1. The lowest BCUT2D eigenvalue weighted by Gasteiger charge is -2.18. The molecule has 0 aliphatic carbocycles. The summed E-state index contributed by atoms with van der Waals surface area (Å²) in [4.78, 5) is 12.7. The summed E-state index contributed by atoms with van der Waals surface area (Å²) < 4.78 is 0. The number of nitrogens with two attached hydrogens (primary N) is 1. The molecule has 0 radical (unpaired) electrons. The van der Waals surface area contributed by atoms with Gasteiger partial charge in [0.05, 0.1) is 0 Å². The highest BCUT2D eigenvalue weighted by Gasteiger charge is 2.20. The number of thioether (sulfide) groups is 1. The first-order valence-corrected chi connectivity index (χ1v) is 7.15. The highest BCUT2D eigenvalue weighted by atomic mass is 32.2. The Morgan fingerprint density at radius 2 is 1.84 bits per heavy atom. The molecule has 19 heavy (non-hydrogen) atoms. The summed E-state index contributed by atoms with van der Waals surface area (Å²) in [5.41, 5.74) is 2.21. The van der Waals surface area contributed by atoms with Crippen molar-refractivity contribution in [1.29, 1.82) is 0 Å². The SMILES string of the molecule is CC(Sc1ccc2ccccc2c1)C(C)C(=O)NN. The average Bonchev–Trinajstić information content (AvgIpc) is 2.45. The Balaban J connectivity index is 2.14. The van der Waals surface area contributed by atoms with Crippen molar-refractivity contribution in [1.82, 2.24) is 5.43 Å². The van der Waals surface area contributed by atoms with E-state index in [1.807, 2.05) is 26.0 Å². The van der Waals surface area contributed by atoms with E-state index in [-0.39, 0.29) is 17.1 Å². The topological polar surface area (TPSA) is 55.1 Å². The van der Waals surface area contributed by atoms with Crippen LogP contribution in [-0.2, 0) is 4.79 Å². The lowest BCUT2D eigenvalue weighted by Crippen LogP contribution is -2.38. The second kappa shape index (κ2) is 6.08. The molecule has 3 N–H and O–H groups in total. The number of rotatable bonds is 4. The monoisotopic (exact) mass is 274 g/mol. The first kappa shape index (κ1) is 13.9. The summed E-state index contributed by atoms with van der Waals surface area (Å²) in [5.74, 6) is 4.92. The standard InChI is InChI=1S/C15H18N2OS/c1-10(15(18)17-16)11(2)19-14-8-7-12-5-3-4-6-13(12)9-14/h3-11H,16H2,1-2H3,(H,17,18). The fourth-order valence-corrected chi connectivity index (χ4v) is 3.00. The zero-order valence-electron chi connectivity index (χ0n) is 11.1. The molecule has 0 spiro atoms. The van der Waals surface area contributed by atoms with Crippen molar-refractivity contribution < 1.29 is 4.79 Å². The maximum Gasteiger partial charge on any atom is 0.237 e. The minimum absolute atomic E-state index is 0.124. The Kier molecular flexibility index (Phi) is 4.45. The minimum Gasteiger partial charge on any atom is -0.294 e. The van der Waals surface area contributed by atoms with Gasteiger partial charge in [0, 0.05) is 16.1 Å². The fourth-order valence-electron chi connectivity index (χ4n) is 1.90. The molecule has 2 aromatic rings. The number of carbonyl (C=O) groups is 1. The van der Waals surface area contributed by atoms with Crippen LogP contribution in [0.2, 0.25) is 0 Å². The first-order valence-electron chi connectivity index (χ1n) is 6.27. The Labute approximate surface area is 117 Å². The van der Waals surface area contributed by atoms with E-state index in [2.05, 4.69) is 35.8 Å². The summed E-state index contributed by atoms with van der Waals surface area (Å²) in [6, 6.07) is 14.6. The van der Waals surface area contributed by atoms with Crippen molar-refractivity contribution in [2.45, 2.75) is 24.0 Å². The van der Waals surface area contributed by atoms with Crippen LogP contribution in [0.5, 0.6) is 0 Å². The van der Waals surface area contributed by atoms with E-state index >= 15 is 0 Å². The van der Waals surface area contributed by atoms with E-state index in [9.17, 15) is 4.79 Å². The number of hydrogen-bond donors (Lipinski definition) is 2. The maximum absolute atomic E-state index is 11.5. The normalized spacial score (nSPS) is 14.1. The molecule has 1 amide bonds. The van der Waals surface area contributed by atoms with Crippen LogP contribution in [0, 0.1) is 5.92 Å². The van der Waals surface area contributed by atoms with Crippen LogP contribution in [0.4, 0.5) is 0 Å². The van der Waals surface area contributed by atoms with Gasteiger partial charge in [-0.2, -0.15) is 0 Å². The molecule has 2 rings (SSSR count). The molecule has 3 nitrogen and oxygen atoms in total. The van der Waals surface area contributed by atoms with Crippen LogP contribution in [0.25, 0.3) is 10.8 Å². The van der Waals surface area contributed by atoms with Crippen molar-refractivity contribution >= 4 is 28.4 Å². The molecule has 2 atom stereocenters. The summed E-state index contributed by atoms with van der Waals surface area (Å²) in [5, 5.41) is 2.62. The molecule has 0 aromatic heterocycles. The highest BCUT2D eigenvalue weighted by molar-refractivity contribution is 8.00. The second-order valence-electron chi connectivity index (χ2n) is 4.63. The van der Waals surface area contributed by atoms with Crippen molar-refractivity contribution in [3.63, 3.8) is 0 Å². The van der Waals surface area contributed by atoms with Crippen molar-refractivity contribution in [3.8, 4) is 0 Å². The molecule has 2 unspecified atom stereocenters. The maximum atomic E-state index is 11.5. The molecule has 0 aliphatic heterocycles. The van der Waals surface area contributed by atoms with Gasteiger partial charge in [0.15, 0.2) is 0 Å². The molecule has 0 aliphatic rings. The molecule has 0 fully saturated rings. The third kappa shape index (κ3) is 3.28. The quantitative estimate of drug-likeness (QED) is 0.390. The van der Waals surface area contributed by atoms with Gasteiger partial charge in [0.1, 0.15) is 0 Å². The largest absolute Gasteiger partial charge is 0.294 e. The molecule has 0 bridgehead atoms. The van der Waals surface area contributed by atoms with E-state index in [1.54, 1.807) is 11.8 Å². The average molecular weight is 274 g/mol.